The van der Waals surface area contributed by atoms with Crippen molar-refractivity contribution in [2.24, 2.45) is 5.10 Å². The first-order valence-electron chi connectivity index (χ1n) is 5.67. The number of aromatic nitrogens is 1. The molecule has 0 aliphatic rings. The van der Waals surface area contributed by atoms with Gasteiger partial charge in [-0.15, -0.1) is 0 Å². The summed E-state index contributed by atoms with van der Waals surface area (Å²) in [5.41, 5.74) is 4.72. The van der Waals surface area contributed by atoms with E-state index in [0.29, 0.717) is 5.56 Å². The van der Waals surface area contributed by atoms with Crippen LogP contribution in [0.2, 0.25) is 0 Å². The van der Waals surface area contributed by atoms with E-state index in [-0.39, 0.29) is 5.91 Å². The quantitative estimate of drug-likeness (QED) is 0.699. The van der Waals surface area contributed by atoms with Crippen molar-refractivity contribution in [2.75, 3.05) is 0 Å². The molecule has 0 radical (unpaired) electrons. The van der Waals surface area contributed by atoms with E-state index < -0.39 is 0 Å². The van der Waals surface area contributed by atoms with Crippen molar-refractivity contribution in [2.45, 2.75) is 6.92 Å². The number of benzene rings is 1. The summed E-state index contributed by atoms with van der Waals surface area (Å²) in [5.74, 6) is -0.277. The van der Waals surface area contributed by atoms with Crippen LogP contribution < -0.4 is 5.43 Å². The fourth-order valence-corrected chi connectivity index (χ4v) is 1.65. The number of hydrogen-bond acceptors (Lipinski definition) is 3. The van der Waals surface area contributed by atoms with Gasteiger partial charge in [0.25, 0.3) is 5.91 Å². The van der Waals surface area contributed by atoms with Gasteiger partial charge in [-0.25, -0.2) is 5.43 Å². The zero-order valence-electron chi connectivity index (χ0n) is 10.3. The fourth-order valence-electron chi connectivity index (χ4n) is 1.38. The second-order valence-electron chi connectivity index (χ2n) is 3.94. The van der Waals surface area contributed by atoms with Crippen LogP contribution in [0.4, 0.5) is 0 Å². The second kappa shape index (κ2) is 6.24. The highest BCUT2D eigenvalue weighted by molar-refractivity contribution is 9.10. The third-order valence-corrected chi connectivity index (χ3v) is 2.95. The van der Waals surface area contributed by atoms with Gasteiger partial charge in [-0.2, -0.15) is 5.10 Å². The second-order valence-corrected chi connectivity index (χ2v) is 4.85. The predicted molar refractivity (Wildman–Crippen MR) is 78.2 cm³/mol. The van der Waals surface area contributed by atoms with Crippen molar-refractivity contribution in [3.8, 4) is 0 Å². The van der Waals surface area contributed by atoms with E-state index in [1.165, 1.54) is 6.20 Å². The Morgan fingerprint density at radius 3 is 2.63 bits per heavy atom. The molecule has 1 aromatic carbocycles. The number of hydrazone groups is 1. The van der Waals surface area contributed by atoms with E-state index in [4.69, 9.17) is 0 Å². The molecule has 1 aromatic heterocycles. The van der Waals surface area contributed by atoms with Gasteiger partial charge in [0.2, 0.25) is 0 Å². The average Bonchev–Trinajstić information content (AvgIpc) is 2.41. The van der Waals surface area contributed by atoms with Gasteiger partial charge in [-0.05, 0) is 36.8 Å². The molecule has 19 heavy (non-hydrogen) atoms. The molecule has 0 fully saturated rings. The third kappa shape index (κ3) is 3.99. The molecule has 96 valence electrons. The number of hydrogen-bond donors (Lipinski definition) is 1. The maximum Gasteiger partial charge on any atom is 0.272 e. The highest BCUT2D eigenvalue weighted by Gasteiger charge is 2.03. The molecule has 0 unspecified atom stereocenters. The normalized spacial score (nSPS) is 10.6. The molecule has 1 heterocycles. The highest BCUT2D eigenvalue weighted by Crippen LogP contribution is 2.08. The Morgan fingerprint density at radius 1 is 1.26 bits per heavy atom. The van der Waals surface area contributed by atoms with Gasteiger partial charge >= 0.3 is 0 Å². The molecular formula is C14H12BrN3O. The largest absolute Gasteiger partial charge is 0.272 e. The smallest absolute Gasteiger partial charge is 0.267 e. The molecule has 0 aliphatic heterocycles. The first-order valence-corrected chi connectivity index (χ1v) is 6.46. The van der Waals surface area contributed by atoms with Crippen LogP contribution in [-0.2, 0) is 0 Å². The van der Waals surface area contributed by atoms with Crippen molar-refractivity contribution in [3.05, 3.63) is 63.9 Å². The SMILES string of the molecule is Cc1ccc(C(=O)NN=Cc2ccc(Br)cc2)cn1. The van der Waals surface area contributed by atoms with Crippen LogP contribution in [0, 0.1) is 6.92 Å². The molecule has 0 aliphatic carbocycles. The molecule has 0 bridgehead atoms. The van der Waals surface area contributed by atoms with Crippen molar-refractivity contribution in [3.63, 3.8) is 0 Å². The van der Waals surface area contributed by atoms with Crippen molar-refractivity contribution < 1.29 is 4.79 Å². The molecule has 1 N–H and O–H groups in total. The minimum atomic E-state index is -0.277. The first kappa shape index (κ1) is 13.4. The first-order chi connectivity index (χ1) is 9.15. The van der Waals surface area contributed by atoms with E-state index >= 15 is 0 Å². The molecule has 5 heteroatoms. The molecule has 0 spiro atoms. The van der Waals surface area contributed by atoms with E-state index in [9.17, 15) is 4.79 Å². The van der Waals surface area contributed by atoms with Gasteiger partial charge in [-0.3, -0.25) is 9.78 Å². The Bertz CT molecular complexity index is 591. The van der Waals surface area contributed by atoms with Gasteiger partial charge in [0.15, 0.2) is 0 Å². The van der Waals surface area contributed by atoms with E-state index in [2.05, 4.69) is 31.4 Å². The predicted octanol–water partition coefficient (Wildman–Crippen LogP) is 2.92. The Balaban J connectivity index is 1.96. The van der Waals surface area contributed by atoms with Crippen molar-refractivity contribution >= 4 is 28.1 Å². The van der Waals surface area contributed by atoms with Crippen LogP contribution in [-0.4, -0.2) is 17.1 Å². The van der Waals surface area contributed by atoms with Crippen molar-refractivity contribution in [1.29, 1.82) is 0 Å². The van der Waals surface area contributed by atoms with Crippen molar-refractivity contribution in [1.82, 2.24) is 10.4 Å². The topological polar surface area (TPSA) is 54.4 Å². The number of pyridine rings is 1. The zero-order valence-corrected chi connectivity index (χ0v) is 11.9. The fraction of sp³-hybridized carbons (Fsp3) is 0.0714. The molecular weight excluding hydrogens is 306 g/mol. The maximum atomic E-state index is 11.7. The summed E-state index contributed by atoms with van der Waals surface area (Å²) in [6, 6.07) is 11.1. The minimum Gasteiger partial charge on any atom is -0.267 e. The standard InChI is InChI=1S/C14H12BrN3O/c1-10-2-5-12(9-16-10)14(19)18-17-8-11-3-6-13(15)7-4-11/h2-9H,1H3,(H,18,19). The number of nitrogens with one attached hydrogen (secondary N) is 1. The Kier molecular flexibility index (Phi) is 4.41. The van der Waals surface area contributed by atoms with Crippen LogP contribution in [0.5, 0.6) is 0 Å². The Hall–Kier alpha value is -2.01. The van der Waals surface area contributed by atoms with Crippen LogP contribution in [0.25, 0.3) is 0 Å². The number of carbonyl (C=O) groups excluding carboxylic acids is 1. The van der Waals surface area contributed by atoms with E-state index in [0.717, 1.165) is 15.7 Å². The Morgan fingerprint density at radius 2 is 2.00 bits per heavy atom. The summed E-state index contributed by atoms with van der Waals surface area (Å²) in [4.78, 5) is 15.8. The lowest BCUT2D eigenvalue weighted by molar-refractivity contribution is 0.0955. The zero-order chi connectivity index (χ0) is 13.7. The summed E-state index contributed by atoms with van der Waals surface area (Å²) in [7, 11) is 0. The number of amides is 1. The molecule has 4 nitrogen and oxygen atoms in total. The summed E-state index contributed by atoms with van der Waals surface area (Å²) in [5, 5.41) is 3.90. The maximum absolute atomic E-state index is 11.7. The number of rotatable bonds is 3. The molecule has 2 aromatic rings. The summed E-state index contributed by atoms with van der Waals surface area (Å²) >= 11 is 3.35. The third-order valence-electron chi connectivity index (χ3n) is 2.42. The van der Waals surface area contributed by atoms with E-state index in [1.807, 2.05) is 31.2 Å². The number of aryl methyl sites for hydroxylation is 1. The van der Waals surface area contributed by atoms with Crippen LogP contribution in [0.15, 0.2) is 52.2 Å². The summed E-state index contributed by atoms with van der Waals surface area (Å²) < 4.78 is 0.999. The molecule has 2 rings (SSSR count). The summed E-state index contributed by atoms with van der Waals surface area (Å²) in [6.07, 6.45) is 3.12. The number of carbonyl (C=O) groups is 1. The van der Waals surface area contributed by atoms with Crippen LogP contribution in [0.1, 0.15) is 21.6 Å². The van der Waals surface area contributed by atoms with Gasteiger partial charge in [0.1, 0.15) is 0 Å². The van der Waals surface area contributed by atoms with Gasteiger partial charge < -0.3 is 0 Å². The molecule has 0 saturated carbocycles. The van der Waals surface area contributed by atoms with E-state index in [1.54, 1.807) is 18.3 Å². The number of nitrogens with zero attached hydrogens (tertiary/aromatic N) is 2. The van der Waals surface area contributed by atoms with Crippen LogP contribution >= 0.6 is 15.9 Å². The lowest BCUT2D eigenvalue weighted by atomic mass is 10.2. The monoisotopic (exact) mass is 317 g/mol. The minimum absolute atomic E-state index is 0.277. The lowest BCUT2D eigenvalue weighted by Gasteiger charge is -1.99. The van der Waals surface area contributed by atoms with Gasteiger partial charge in [0, 0.05) is 16.4 Å². The van der Waals surface area contributed by atoms with Gasteiger partial charge in [-0.1, -0.05) is 28.1 Å². The molecule has 1 amide bonds. The molecule has 0 atom stereocenters. The highest BCUT2D eigenvalue weighted by atomic mass is 79.9. The Labute approximate surface area is 119 Å². The molecule has 0 saturated heterocycles. The summed E-state index contributed by atoms with van der Waals surface area (Å²) in [6.45, 7) is 1.87. The van der Waals surface area contributed by atoms with Gasteiger partial charge in [0.05, 0.1) is 11.8 Å². The van der Waals surface area contributed by atoms with Crippen LogP contribution in [0.3, 0.4) is 0 Å². The number of halogens is 1. The average molecular weight is 318 g/mol. The lowest BCUT2D eigenvalue weighted by Crippen LogP contribution is -2.17.